The van der Waals surface area contributed by atoms with Gasteiger partial charge in [0.1, 0.15) is 5.78 Å². The zero-order valence-corrected chi connectivity index (χ0v) is 22.3. The maximum absolute atomic E-state index is 12.7. The van der Waals surface area contributed by atoms with Crippen molar-refractivity contribution >= 4 is 5.78 Å². The van der Waals surface area contributed by atoms with E-state index < -0.39 is 0 Å². The number of hydrogen-bond donors (Lipinski definition) is 2. The minimum absolute atomic E-state index is 0.125. The summed E-state index contributed by atoms with van der Waals surface area (Å²) in [7, 11) is 0. The summed E-state index contributed by atoms with van der Waals surface area (Å²) >= 11 is 0. The van der Waals surface area contributed by atoms with Crippen molar-refractivity contribution in [2.45, 2.75) is 118 Å². The molecule has 0 unspecified atom stereocenters. The summed E-state index contributed by atoms with van der Waals surface area (Å²) in [4.78, 5) is 12.7. The number of aliphatic hydroxyl groups is 2. The molecule has 33 heavy (non-hydrogen) atoms. The van der Waals surface area contributed by atoms with Gasteiger partial charge in [-0.1, -0.05) is 41.5 Å². The van der Waals surface area contributed by atoms with Gasteiger partial charge in [0.2, 0.25) is 0 Å². The molecular formula is C30H50O3. The Morgan fingerprint density at radius 3 is 2.18 bits per heavy atom. The summed E-state index contributed by atoms with van der Waals surface area (Å²) in [6.45, 7) is 14.2. The van der Waals surface area contributed by atoms with Crippen LogP contribution < -0.4 is 0 Å². The normalized spacial score (nSPS) is 53.6. The zero-order valence-electron chi connectivity index (χ0n) is 22.3. The van der Waals surface area contributed by atoms with E-state index >= 15 is 0 Å². The third-order valence-corrected chi connectivity index (χ3v) is 13.2. The Hall–Kier alpha value is -0.410. The lowest BCUT2D eigenvalue weighted by Crippen LogP contribution is -2.59. The van der Waals surface area contributed by atoms with Crippen LogP contribution in [0.4, 0.5) is 0 Å². The molecule has 188 valence electrons. The molecule has 10 atom stereocenters. The van der Waals surface area contributed by atoms with Gasteiger partial charge in [0, 0.05) is 18.3 Å². The number of fused-ring (bicyclic) bond motifs is 2. The van der Waals surface area contributed by atoms with E-state index in [0.717, 1.165) is 25.2 Å². The molecule has 0 bridgehead atoms. The summed E-state index contributed by atoms with van der Waals surface area (Å²) in [6.07, 6.45) is 12.2. The van der Waals surface area contributed by atoms with Crippen LogP contribution in [0, 0.1) is 56.7 Å². The van der Waals surface area contributed by atoms with Gasteiger partial charge in [0.25, 0.3) is 0 Å². The van der Waals surface area contributed by atoms with Crippen LogP contribution in [0.2, 0.25) is 0 Å². The highest BCUT2D eigenvalue weighted by Gasteiger charge is 2.82. The summed E-state index contributed by atoms with van der Waals surface area (Å²) in [5.41, 5.74) is 1.20. The van der Waals surface area contributed by atoms with Gasteiger partial charge in [0.05, 0.1) is 12.7 Å². The van der Waals surface area contributed by atoms with Gasteiger partial charge in [-0.15, -0.1) is 0 Å². The van der Waals surface area contributed by atoms with Crippen LogP contribution in [-0.2, 0) is 4.79 Å². The fourth-order valence-electron chi connectivity index (χ4n) is 11.4. The predicted molar refractivity (Wildman–Crippen MR) is 133 cm³/mol. The van der Waals surface area contributed by atoms with Crippen molar-refractivity contribution in [2.24, 2.45) is 56.7 Å². The van der Waals surface area contributed by atoms with Crippen LogP contribution in [-0.4, -0.2) is 28.7 Å². The molecule has 0 amide bonds. The van der Waals surface area contributed by atoms with Crippen molar-refractivity contribution in [3.8, 4) is 0 Å². The van der Waals surface area contributed by atoms with Crippen molar-refractivity contribution in [3.63, 3.8) is 0 Å². The molecule has 2 spiro atoms. The van der Waals surface area contributed by atoms with Crippen LogP contribution in [0.25, 0.3) is 0 Å². The highest BCUT2D eigenvalue weighted by molar-refractivity contribution is 5.78. The number of Topliss-reactive ketones (excluding diaryl/α,β-unsaturated/α-hetero) is 1. The van der Waals surface area contributed by atoms with E-state index in [1.54, 1.807) is 0 Å². The summed E-state index contributed by atoms with van der Waals surface area (Å²) in [6, 6.07) is 0. The highest BCUT2D eigenvalue weighted by atomic mass is 16.3. The Morgan fingerprint density at radius 1 is 0.848 bits per heavy atom. The van der Waals surface area contributed by atoms with Gasteiger partial charge >= 0.3 is 0 Å². The van der Waals surface area contributed by atoms with E-state index in [0.29, 0.717) is 51.1 Å². The summed E-state index contributed by atoms with van der Waals surface area (Å²) < 4.78 is 0. The molecular weight excluding hydrogens is 408 g/mol. The summed E-state index contributed by atoms with van der Waals surface area (Å²) in [5.74, 6) is 3.34. The molecule has 2 N–H and O–H groups in total. The molecule has 5 rings (SSSR count). The van der Waals surface area contributed by atoms with Crippen molar-refractivity contribution in [1.29, 1.82) is 0 Å². The van der Waals surface area contributed by atoms with E-state index in [1.165, 1.54) is 51.4 Å². The second-order valence-electron chi connectivity index (χ2n) is 14.7. The largest absolute Gasteiger partial charge is 0.396 e. The average molecular weight is 459 g/mol. The molecule has 0 heterocycles. The van der Waals surface area contributed by atoms with Gasteiger partial charge in [-0.2, -0.15) is 0 Å². The lowest BCUT2D eigenvalue weighted by Gasteiger charge is -2.63. The van der Waals surface area contributed by atoms with E-state index in [1.807, 2.05) is 0 Å². The highest BCUT2D eigenvalue weighted by Crippen LogP contribution is 2.89. The zero-order chi connectivity index (χ0) is 24.0. The number of aliphatic hydroxyl groups excluding tert-OH is 2. The minimum Gasteiger partial charge on any atom is -0.396 e. The molecule has 5 fully saturated rings. The number of carbonyl (C=O) groups excluding carboxylic acids is 1. The summed E-state index contributed by atoms with van der Waals surface area (Å²) in [5, 5.41) is 21.2. The molecule has 3 heteroatoms. The maximum atomic E-state index is 12.7. The molecule has 5 saturated carbocycles. The van der Waals surface area contributed by atoms with Crippen LogP contribution in [0.1, 0.15) is 112 Å². The molecule has 3 nitrogen and oxygen atoms in total. The van der Waals surface area contributed by atoms with Gasteiger partial charge < -0.3 is 10.2 Å². The van der Waals surface area contributed by atoms with E-state index in [4.69, 9.17) is 0 Å². The van der Waals surface area contributed by atoms with Gasteiger partial charge in [0.15, 0.2) is 0 Å². The average Bonchev–Trinajstić information content (AvgIpc) is 3.32. The first kappa shape index (κ1) is 24.3. The SMILES string of the molecule is CC(C)CC(=O)C[C@@H](C)[C@H]1CC[C@@]2(C)[C@@H]3CC[C@H]4[C@](C)(CO)[C@@H](O)CC[C@@]45C[C@@]35CC[C@]12C. The number of rotatable bonds is 6. The Bertz CT molecular complexity index is 806. The van der Waals surface area contributed by atoms with Crippen molar-refractivity contribution in [3.05, 3.63) is 0 Å². The fraction of sp³-hybridized carbons (Fsp3) is 0.967. The number of ketones is 1. The maximum Gasteiger partial charge on any atom is 0.133 e. The van der Waals surface area contributed by atoms with Crippen molar-refractivity contribution < 1.29 is 15.0 Å². The molecule has 0 saturated heterocycles. The molecule has 0 aromatic carbocycles. The molecule has 5 aliphatic rings. The smallest absolute Gasteiger partial charge is 0.133 e. The molecule has 0 aromatic heterocycles. The third-order valence-electron chi connectivity index (χ3n) is 13.2. The van der Waals surface area contributed by atoms with Gasteiger partial charge in [-0.3, -0.25) is 4.79 Å². The second kappa shape index (κ2) is 7.55. The van der Waals surface area contributed by atoms with Crippen LogP contribution in [0.15, 0.2) is 0 Å². The first-order valence-electron chi connectivity index (χ1n) is 14.2. The van der Waals surface area contributed by atoms with Crippen molar-refractivity contribution in [2.75, 3.05) is 6.61 Å². The molecule has 0 aromatic rings. The first-order valence-corrected chi connectivity index (χ1v) is 14.2. The Labute approximate surface area is 202 Å². The van der Waals surface area contributed by atoms with Gasteiger partial charge in [-0.05, 0) is 109 Å². The van der Waals surface area contributed by atoms with E-state index in [-0.39, 0.29) is 18.1 Å². The molecule has 0 radical (unpaired) electrons. The minimum atomic E-state index is -0.350. The first-order chi connectivity index (χ1) is 15.4. The quantitative estimate of drug-likeness (QED) is 0.484. The van der Waals surface area contributed by atoms with E-state index in [2.05, 4.69) is 41.5 Å². The Balaban J connectivity index is 1.40. The lowest BCUT2D eigenvalue weighted by atomic mass is 9.41. The Morgan fingerprint density at radius 2 is 1.52 bits per heavy atom. The monoisotopic (exact) mass is 458 g/mol. The number of carbonyl (C=O) groups is 1. The third kappa shape index (κ3) is 2.96. The number of hydrogen-bond acceptors (Lipinski definition) is 3. The standard InChI is InChI=1S/C30H50O3/c1-19(2)15-21(32)16-20(3)22-9-11-28(6)24-8-7-23-26(4,18-31)25(33)10-12-29(23)17-30(24,29)14-13-27(22,28)5/h19-20,22-25,31,33H,7-18H2,1-6H3/t20-,22-,23+,24+,25+,26+,27-,28+,29-,30+/m1/s1. The molecule has 5 aliphatic carbocycles. The second-order valence-corrected chi connectivity index (χ2v) is 14.7. The van der Waals surface area contributed by atoms with Crippen LogP contribution in [0.5, 0.6) is 0 Å². The van der Waals surface area contributed by atoms with Crippen LogP contribution >= 0.6 is 0 Å². The molecule has 0 aliphatic heterocycles. The van der Waals surface area contributed by atoms with Crippen LogP contribution in [0.3, 0.4) is 0 Å². The topological polar surface area (TPSA) is 57.5 Å². The Kier molecular flexibility index (Phi) is 5.55. The lowest BCUT2D eigenvalue weighted by molar-refractivity contribution is -0.174. The fourth-order valence-corrected chi connectivity index (χ4v) is 11.4. The predicted octanol–water partition coefficient (Wildman–Crippen LogP) is 6.40. The van der Waals surface area contributed by atoms with Crippen molar-refractivity contribution in [1.82, 2.24) is 0 Å². The van der Waals surface area contributed by atoms with E-state index in [9.17, 15) is 15.0 Å². The van der Waals surface area contributed by atoms with Gasteiger partial charge in [-0.25, -0.2) is 0 Å².